The molecule has 0 radical (unpaired) electrons. The first-order valence-electron chi connectivity index (χ1n) is 24.1. The number of fused-ring (bicyclic) bond motifs is 13. The van der Waals surface area contributed by atoms with Crippen molar-refractivity contribution >= 4 is 17.1 Å². The molecule has 69 heavy (non-hydrogen) atoms. The van der Waals surface area contributed by atoms with Gasteiger partial charge in [-0.2, -0.15) is 0 Å². The van der Waals surface area contributed by atoms with Crippen LogP contribution in [0.5, 0.6) is 0 Å². The molecule has 322 valence electrons. The second kappa shape index (κ2) is 15.4. The zero-order chi connectivity index (χ0) is 45.5. The summed E-state index contributed by atoms with van der Waals surface area (Å²) < 4.78 is 0. The standard InChI is InChI=1S/C68H45N/c1-4-21-46(22-5-1)53-29-10-11-30-54(53)47-23-20-28-50(43-47)69(51-40-42-65-60(44-51)58-34-15-16-35-61(58)67(65,48-24-6-2-7-25-48)49-26-8-3-9-27-49)52-39-41-59-57-33-14-19-38-64(57)68(66(59)45-52)62-36-17-12-31-55(62)56-32-13-18-37-63(56)68/h1-45H. The van der Waals surface area contributed by atoms with Crippen LogP contribution in [0.3, 0.4) is 0 Å². The van der Waals surface area contributed by atoms with Gasteiger partial charge in [-0.05, 0) is 137 Å². The maximum Gasteiger partial charge on any atom is 0.0726 e. The monoisotopic (exact) mass is 875 g/mol. The number of anilines is 3. The molecule has 0 fully saturated rings. The number of nitrogens with zero attached hydrogens (tertiary/aromatic N) is 1. The fraction of sp³-hybridized carbons (Fsp3) is 0.0294. The lowest BCUT2D eigenvalue weighted by molar-refractivity contribution is 0.768. The largest absolute Gasteiger partial charge is 0.310 e. The molecule has 1 heteroatoms. The molecule has 11 aromatic carbocycles. The average Bonchev–Trinajstić information content (AvgIpc) is 4.02. The second-order valence-electron chi connectivity index (χ2n) is 18.7. The summed E-state index contributed by atoms with van der Waals surface area (Å²) in [6.07, 6.45) is 0. The van der Waals surface area contributed by atoms with E-state index in [-0.39, 0.29) is 0 Å². The summed E-state index contributed by atoms with van der Waals surface area (Å²) >= 11 is 0. The summed E-state index contributed by atoms with van der Waals surface area (Å²) in [4.78, 5) is 2.51. The lowest BCUT2D eigenvalue weighted by Gasteiger charge is -2.34. The van der Waals surface area contributed by atoms with E-state index in [0.717, 1.165) is 17.1 Å². The SMILES string of the molecule is c1ccc(-c2ccccc2-c2cccc(N(c3ccc4c(c3)-c3ccccc3C4(c3ccccc3)c3ccccc3)c3ccc4c(c3)C3(c5ccccc5-c5ccccc53)c3ccccc3-4)c2)cc1. The molecule has 0 heterocycles. The zero-order valence-corrected chi connectivity index (χ0v) is 37.9. The smallest absolute Gasteiger partial charge is 0.0726 e. The summed E-state index contributed by atoms with van der Waals surface area (Å²) in [5, 5.41) is 0. The Kier molecular flexibility index (Phi) is 8.78. The van der Waals surface area contributed by atoms with Crippen molar-refractivity contribution in [2.75, 3.05) is 4.90 Å². The van der Waals surface area contributed by atoms with Crippen molar-refractivity contribution in [1.29, 1.82) is 0 Å². The zero-order valence-electron chi connectivity index (χ0n) is 37.9. The van der Waals surface area contributed by atoms with E-state index < -0.39 is 10.8 Å². The highest BCUT2D eigenvalue weighted by molar-refractivity contribution is 5.97. The fourth-order valence-corrected chi connectivity index (χ4v) is 12.7. The third kappa shape index (κ3) is 5.59. The van der Waals surface area contributed by atoms with Crippen molar-refractivity contribution < 1.29 is 0 Å². The van der Waals surface area contributed by atoms with E-state index in [1.54, 1.807) is 0 Å². The first kappa shape index (κ1) is 39.4. The lowest BCUT2D eigenvalue weighted by Crippen LogP contribution is -2.28. The Morgan fingerprint density at radius 3 is 1.14 bits per heavy atom. The molecule has 11 aromatic rings. The Morgan fingerprint density at radius 1 is 0.203 bits per heavy atom. The van der Waals surface area contributed by atoms with Crippen LogP contribution in [0.15, 0.2) is 273 Å². The van der Waals surface area contributed by atoms with E-state index in [9.17, 15) is 0 Å². The van der Waals surface area contributed by atoms with Crippen LogP contribution in [0.25, 0.3) is 55.6 Å². The van der Waals surface area contributed by atoms with E-state index in [1.807, 2.05) is 0 Å². The Bertz CT molecular complexity index is 3690. The summed E-state index contributed by atoms with van der Waals surface area (Å²) in [7, 11) is 0. The van der Waals surface area contributed by atoms with E-state index in [1.165, 1.54) is 100 Å². The van der Waals surface area contributed by atoms with E-state index in [2.05, 4.69) is 278 Å². The van der Waals surface area contributed by atoms with Crippen molar-refractivity contribution in [1.82, 2.24) is 0 Å². The molecule has 3 aliphatic carbocycles. The number of hydrogen-bond donors (Lipinski definition) is 0. The maximum atomic E-state index is 2.51. The van der Waals surface area contributed by atoms with Gasteiger partial charge in [-0.25, -0.2) is 0 Å². The van der Waals surface area contributed by atoms with Gasteiger partial charge < -0.3 is 4.90 Å². The topological polar surface area (TPSA) is 3.24 Å². The summed E-state index contributed by atoms with van der Waals surface area (Å²) in [5.74, 6) is 0. The number of rotatable bonds is 7. The minimum Gasteiger partial charge on any atom is -0.310 e. The molecule has 0 amide bonds. The van der Waals surface area contributed by atoms with Crippen molar-refractivity contribution in [2.24, 2.45) is 0 Å². The van der Waals surface area contributed by atoms with Gasteiger partial charge in [0.15, 0.2) is 0 Å². The fourth-order valence-electron chi connectivity index (χ4n) is 12.7. The Balaban J connectivity index is 1.03. The molecular formula is C68H45N. The first-order valence-corrected chi connectivity index (χ1v) is 24.1. The summed E-state index contributed by atoms with van der Waals surface area (Å²) in [6, 6.07) is 102. The highest BCUT2D eigenvalue weighted by Crippen LogP contribution is 2.64. The minimum atomic E-state index is -0.492. The van der Waals surface area contributed by atoms with Gasteiger partial charge in [0.2, 0.25) is 0 Å². The van der Waals surface area contributed by atoms with E-state index in [4.69, 9.17) is 0 Å². The van der Waals surface area contributed by atoms with Gasteiger partial charge >= 0.3 is 0 Å². The van der Waals surface area contributed by atoms with Crippen LogP contribution in [0.1, 0.15) is 44.5 Å². The third-order valence-corrected chi connectivity index (χ3v) is 15.4. The van der Waals surface area contributed by atoms with E-state index >= 15 is 0 Å². The first-order chi connectivity index (χ1) is 34.2. The highest BCUT2D eigenvalue weighted by atomic mass is 15.1. The van der Waals surface area contributed by atoms with Gasteiger partial charge in [0.1, 0.15) is 0 Å². The Morgan fingerprint density at radius 2 is 0.580 bits per heavy atom. The summed E-state index contributed by atoms with van der Waals surface area (Å²) in [6.45, 7) is 0. The second-order valence-corrected chi connectivity index (χ2v) is 18.7. The van der Waals surface area contributed by atoms with Gasteiger partial charge in [-0.15, -0.1) is 0 Å². The Labute approximate surface area is 403 Å². The quantitative estimate of drug-likeness (QED) is 0.154. The van der Waals surface area contributed by atoms with Crippen molar-refractivity contribution in [3.8, 4) is 55.6 Å². The predicted molar refractivity (Wildman–Crippen MR) is 286 cm³/mol. The molecule has 0 saturated carbocycles. The molecule has 0 saturated heterocycles. The molecule has 0 aromatic heterocycles. The molecule has 14 rings (SSSR count). The van der Waals surface area contributed by atoms with Crippen molar-refractivity contribution in [3.63, 3.8) is 0 Å². The predicted octanol–water partition coefficient (Wildman–Crippen LogP) is 17.2. The van der Waals surface area contributed by atoms with Gasteiger partial charge in [-0.3, -0.25) is 0 Å². The molecule has 0 aliphatic heterocycles. The molecule has 0 N–H and O–H groups in total. The molecule has 0 bridgehead atoms. The molecule has 3 aliphatic rings. The van der Waals surface area contributed by atoms with Crippen LogP contribution < -0.4 is 4.90 Å². The summed E-state index contributed by atoms with van der Waals surface area (Å²) in [5.41, 5.74) is 25.3. The van der Waals surface area contributed by atoms with Gasteiger partial charge in [-0.1, -0.05) is 237 Å². The van der Waals surface area contributed by atoms with Crippen molar-refractivity contribution in [3.05, 3.63) is 317 Å². The van der Waals surface area contributed by atoms with E-state index in [0.29, 0.717) is 0 Å². The van der Waals surface area contributed by atoms with Gasteiger partial charge in [0.25, 0.3) is 0 Å². The maximum absolute atomic E-state index is 2.51. The van der Waals surface area contributed by atoms with Crippen LogP contribution in [0.2, 0.25) is 0 Å². The van der Waals surface area contributed by atoms with Crippen LogP contribution >= 0.6 is 0 Å². The van der Waals surface area contributed by atoms with Crippen molar-refractivity contribution in [2.45, 2.75) is 10.8 Å². The molecule has 1 spiro atoms. The normalized spacial score (nSPS) is 13.7. The van der Waals surface area contributed by atoms with Crippen LogP contribution in [0, 0.1) is 0 Å². The number of benzene rings is 11. The minimum absolute atomic E-state index is 0.473. The average molecular weight is 876 g/mol. The molecular weight excluding hydrogens is 831 g/mol. The number of hydrogen-bond acceptors (Lipinski definition) is 1. The lowest BCUT2D eigenvalue weighted by atomic mass is 9.68. The van der Waals surface area contributed by atoms with Gasteiger partial charge in [0, 0.05) is 17.1 Å². The van der Waals surface area contributed by atoms with Crippen LogP contribution in [0.4, 0.5) is 17.1 Å². The third-order valence-electron chi connectivity index (χ3n) is 15.4. The van der Waals surface area contributed by atoms with Gasteiger partial charge in [0.05, 0.1) is 10.8 Å². The molecule has 0 atom stereocenters. The van der Waals surface area contributed by atoms with Crippen LogP contribution in [-0.4, -0.2) is 0 Å². The Hall–Kier alpha value is -8.78. The molecule has 1 nitrogen and oxygen atoms in total. The molecule has 0 unspecified atom stereocenters. The highest BCUT2D eigenvalue weighted by Gasteiger charge is 2.52. The van der Waals surface area contributed by atoms with Crippen LogP contribution in [-0.2, 0) is 10.8 Å².